The summed E-state index contributed by atoms with van der Waals surface area (Å²) in [7, 11) is 2.02. The number of rotatable bonds is 6. The molecule has 6 heterocycles. The summed E-state index contributed by atoms with van der Waals surface area (Å²) in [4.78, 5) is 34.6. The number of halogens is 15. The van der Waals surface area contributed by atoms with E-state index in [4.69, 9.17) is 33.1 Å². The van der Waals surface area contributed by atoms with E-state index >= 15 is 0 Å². The first-order chi connectivity index (χ1) is 33.8. The highest BCUT2D eigenvalue weighted by molar-refractivity contribution is 9.11. The van der Waals surface area contributed by atoms with Gasteiger partial charge in [0.1, 0.15) is 34.4 Å². The van der Waals surface area contributed by atoms with Crippen LogP contribution in [0.1, 0.15) is 37.8 Å². The van der Waals surface area contributed by atoms with Crippen molar-refractivity contribution in [2.45, 2.75) is 18.5 Å². The molecule has 0 fully saturated rings. The van der Waals surface area contributed by atoms with E-state index in [0.717, 1.165) is 89.0 Å². The molecular weight excluding hydrogens is 1160 g/mol. The Bertz CT molecular complexity index is 3120. The molecule has 2 aromatic carbocycles. The summed E-state index contributed by atoms with van der Waals surface area (Å²) >= 11 is 11.5. The van der Waals surface area contributed by atoms with Gasteiger partial charge >= 0.3 is 25.6 Å². The number of carbonyl (C=O) groups is 2. The summed E-state index contributed by atoms with van der Waals surface area (Å²) in [6.45, 7) is 0. The maximum Gasteiger partial charge on any atom is 0.507 e. The molecule has 0 bridgehead atoms. The Morgan fingerprint density at radius 1 is 0.630 bits per heavy atom. The number of nitrogens with one attached hydrogen (secondary N) is 1. The lowest BCUT2D eigenvalue weighted by Crippen LogP contribution is -2.35. The van der Waals surface area contributed by atoms with E-state index in [1.54, 1.807) is 6.20 Å². The average Bonchev–Trinajstić information content (AvgIpc) is 4.14. The van der Waals surface area contributed by atoms with Gasteiger partial charge in [-0.1, -0.05) is 46.1 Å². The number of alkyl halides is 9. The Labute approximate surface area is 426 Å². The highest BCUT2D eigenvalue weighted by Crippen LogP contribution is 2.36. The fourth-order valence-electron chi connectivity index (χ4n) is 5.22. The molecule has 0 saturated carbocycles. The van der Waals surface area contributed by atoms with Crippen LogP contribution in [0, 0.1) is 23.3 Å². The smallest absolute Gasteiger partial charge is 0.422 e. The first kappa shape index (κ1) is 59.1. The molecule has 7 N–H and O–H groups in total. The summed E-state index contributed by atoms with van der Waals surface area (Å²) in [5, 5.41) is 29.1. The molecule has 0 aliphatic rings. The normalized spacial score (nSPS) is 11.2. The van der Waals surface area contributed by atoms with Crippen LogP contribution in [0.4, 0.5) is 72.5 Å². The van der Waals surface area contributed by atoms with Gasteiger partial charge in [0.2, 0.25) is 0 Å². The van der Waals surface area contributed by atoms with Gasteiger partial charge in [0.25, 0.3) is 11.1 Å². The molecule has 0 radical (unpaired) electrons. The van der Waals surface area contributed by atoms with E-state index in [2.05, 4.69) is 51.5 Å². The Hall–Kier alpha value is -6.46. The van der Waals surface area contributed by atoms with Crippen molar-refractivity contribution in [2.24, 2.45) is 21.1 Å². The number of nitrogens with zero attached hydrogens (tertiary/aromatic N) is 9. The number of thiazole rings is 3. The second kappa shape index (κ2) is 24.5. The van der Waals surface area contributed by atoms with E-state index < -0.39 is 88.3 Å². The molecule has 0 saturated heterocycles. The number of hydrogen-bond acceptors (Lipinski definition) is 15. The van der Waals surface area contributed by atoms with Crippen LogP contribution in [0.3, 0.4) is 0 Å². The van der Waals surface area contributed by atoms with Gasteiger partial charge in [-0.25, -0.2) is 32.5 Å². The van der Waals surface area contributed by atoms with Gasteiger partial charge in [-0.3, -0.25) is 29.0 Å². The van der Waals surface area contributed by atoms with Gasteiger partial charge < -0.3 is 21.5 Å². The highest BCUT2D eigenvalue weighted by Gasteiger charge is 2.37. The number of nitrogens with two attached hydrogens (primary N) is 2. The van der Waals surface area contributed by atoms with Crippen molar-refractivity contribution in [3.05, 3.63) is 128 Å². The third-order valence-corrected chi connectivity index (χ3v) is 11.7. The second-order valence-electron chi connectivity index (χ2n) is 13.5. The van der Waals surface area contributed by atoms with Crippen LogP contribution >= 0.6 is 61.5 Å². The number of carbonyl (C=O) groups excluding carboxylic acids is 2. The lowest BCUT2D eigenvalue weighted by molar-refractivity contribution is -0.142. The number of aryl methyl sites for hydroxylation is 3. The fraction of sp³-hybridized carbons (Fsp3) is 0.158. The molecule has 0 unspecified atom stereocenters. The minimum absolute atomic E-state index is 0.0255. The number of nitrogen functional groups attached to an aromatic ring is 2. The summed E-state index contributed by atoms with van der Waals surface area (Å²) < 4.78 is 168. The van der Waals surface area contributed by atoms with Crippen molar-refractivity contribution in [2.75, 3.05) is 16.8 Å². The first-order valence-corrected chi connectivity index (χ1v) is 22.5. The standard InChI is InChI=1S/C15H9F5N4OS.C8H7F3N4S.C7H3ClF2O.C5H6BF3N2O2.C3H3BrN2S/c1-24-9(5-11(23-24)15(18,19)20)10-6-21-14(26-10)22-13(25)12-7(16)3-2-4-8(12)17;1-15-4(5-3-13-7(12)16-5)2-6(14-15)8(9,10)11;8-7(11)6-4(9)2-1-3-5(6)10;1-11-4(6(12)13)2-3(10-11)5(7,8)9;4-2-1-6-3(5)7-2/h2-6H,1H3,(H,21,22,25);2-3H,1H3,(H2,12,13);1-3H;2,12-13H,1H3;1H,(H2,5,6). The minimum Gasteiger partial charge on any atom is -0.422 e. The van der Waals surface area contributed by atoms with E-state index in [-0.39, 0.29) is 16.4 Å². The van der Waals surface area contributed by atoms with E-state index in [9.17, 15) is 66.7 Å². The van der Waals surface area contributed by atoms with Crippen molar-refractivity contribution in [1.29, 1.82) is 0 Å². The molecular formula is C38H28BBrClF13N12O4S3. The van der Waals surface area contributed by atoms with Crippen LogP contribution < -0.4 is 22.4 Å². The van der Waals surface area contributed by atoms with Crippen LogP contribution in [-0.2, 0) is 39.7 Å². The number of benzene rings is 2. The minimum atomic E-state index is -4.60. The quantitative estimate of drug-likeness (QED) is 0.0596. The van der Waals surface area contributed by atoms with Crippen LogP contribution in [-0.4, -0.2) is 72.6 Å². The molecule has 6 aromatic heterocycles. The second-order valence-corrected chi connectivity index (χ2v) is 18.4. The summed E-state index contributed by atoms with van der Waals surface area (Å²) in [5.41, 5.74) is 6.25. The number of anilines is 3. The molecule has 0 aliphatic heterocycles. The predicted octanol–water partition coefficient (Wildman–Crippen LogP) is 9.19. The monoisotopic (exact) mass is 1180 g/mol. The van der Waals surface area contributed by atoms with Crippen LogP contribution in [0.15, 0.2) is 77.0 Å². The van der Waals surface area contributed by atoms with Crippen molar-refractivity contribution < 1.29 is 76.7 Å². The Morgan fingerprint density at radius 3 is 1.34 bits per heavy atom. The zero-order valence-corrected chi connectivity index (χ0v) is 41.1. The maximum absolute atomic E-state index is 13.6. The molecule has 0 spiro atoms. The van der Waals surface area contributed by atoms with Gasteiger partial charge in [0.15, 0.2) is 32.5 Å². The van der Waals surface area contributed by atoms with E-state index in [1.807, 2.05) is 0 Å². The van der Waals surface area contributed by atoms with Crippen molar-refractivity contribution >= 4 is 101 Å². The summed E-state index contributed by atoms with van der Waals surface area (Å²) in [6.07, 6.45) is -9.26. The third-order valence-electron chi connectivity index (χ3n) is 8.41. The number of aromatic nitrogens is 9. The highest BCUT2D eigenvalue weighted by atomic mass is 79.9. The summed E-state index contributed by atoms with van der Waals surface area (Å²) in [5.74, 6) is -5.01. The molecule has 35 heteroatoms. The zero-order valence-electron chi connectivity index (χ0n) is 36.3. The number of amides is 1. The van der Waals surface area contributed by atoms with Crippen LogP contribution in [0.25, 0.3) is 21.1 Å². The SMILES string of the molecule is Cn1nc(C(F)(F)F)cc1-c1cnc(N)s1.Cn1nc(C(F)(F)F)cc1-c1cnc(NC(=O)c2c(F)cccc2F)s1.Cn1nc(C(F)(F)F)cc1B(O)O.Nc1ncc(Br)s1.O=C(Cl)c1c(F)cccc1F. The van der Waals surface area contributed by atoms with Gasteiger partial charge in [-0.2, -0.15) is 54.8 Å². The molecule has 8 aromatic rings. The molecule has 390 valence electrons. The predicted molar refractivity (Wildman–Crippen MR) is 246 cm³/mol. The molecule has 8 rings (SSSR count). The van der Waals surface area contributed by atoms with Gasteiger partial charge in [-0.05, 0) is 70.0 Å². The maximum atomic E-state index is 13.6. The molecule has 16 nitrogen and oxygen atoms in total. The molecule has 1 amide bonds. The van der Waals surface area contributed by atoms with Crippen molar-refractivity contribution in [3.8, 4) is 21.1 Å². The lowest BCUT2D eigenvalue weighted by atomic mass is 9.86. The molecule has 73 heavy (non-hydrogen) atoms. The molecule has 0 aliphatic carbocycles. The molecule has 0 atom stereocenters. The lowest BCUT2D eigenvalue weighted by Gasteiger charge is -2.04. The fourth-order valence-corrected chi connectivity index (χ4v) is 8.00. The van der Waals surface area contributed by atoms with Crippen molar-refractivity contribution in [1.82, 2.24) is 44.3 Å². The van der Waals surface area contributed by atoms with E-state index in [1.165, 1.54) is 44.9 Å². The summed E-state index contributed by atoms with van der Waals surface area (Å²) in [6, 6.07) is 8.49. The Morgan fingerprint density at radius 2 is 1.03 bits per heavy atom. The van der Waals surface area contributed by atoms with Gasteiger partial charge in [0.05, 0.1) is 36.7 Å². The van der Waals surface area contributed by atoms with Gasteiger partial charge in [0, 0.05) is 33.5 Å². The third kappa shape index (κ3) is 16.5. The van der Waals surface area contributed by atoms with Crippen LogP contribution in [0.5, 0.6) is 0 Å². The Kier molecular flexibility index (Phi) is 19.8. The van der Waals surface area contributed by atoms with Crippen molar-refractivity contribution in [3.63, 3.8) is 0 Å². The van der Waals surface area contributed by atoms with Crippen LogP contribution in [0.2, 0.25) is 0 Å². The van der Waals surface area contributed by atoms with E-state index in [0.29, 0.717) is 31.8 Å². The first-order valence-electron chi connectivity index (χ1n) is 18.9. The average molecular weight is 1190 g/mol. The topological polar surface area (TPSA) is 231 Å². The number of hydrogen-bond donors (Lipinski definition) is 5. The zero-order chi connectivity index (χ0) is 54.9. The van der Waals surface area contributed by atoms with Gasteiger partial charge in [-0.15, -0.1) is 0 Å². The Balaban J connectivity index is 0.000000212. The largest absolute Gasteiger partial charge is 0.507 e.